The number of rotatable bonds is 6. The molecule has 48 heavy (non-hydrogen) atoms. The molecule has 1 N–H and O–H groups in total. The van der Waals surface area contributed by atoms with Crippen molar-refractivity contribution >= 4 is 44.0 Å². The Morgan fingerprint density at radius 3 is 1.85 bits per heavy atom. The third-order valence-electron chi connectivity index (χ3n) is 9.37. The summed E-state index contributed by atoms with van der Waals surface area (Å²) in [6, 6.07) is 67.5. The van der Waals surface area contributed by atoms with Gasteiger partial charge in [-0.15, -0.1) is 0 Å². The van der Waals surface area contributed by atoms with Gasteiger partial charge in [0, 0.05) is 33.4 Å². The molecule has 0 atom stereocenters. The number of nitrogens with zero attached hydrogens (tertiary/aromatic N) is 1. The highest BCUT2D eigenvalue weighted by molar-refractivity contribution is 6.10. The zero-order valence-electron chi connectivity index (χ0n) is 26.3. The second kappa shape index (κ2) is 11.8. The highest BCUT2D eigenvalue weighted by atomic mass is 15.0. The molecule has 1 heterocycles. The second-order valence-corrected chi connectivity index (χ2v) is 12.3. The lowest BCUT2D eigenvalue weighted by Gasteiger charge is -2.14. The molecular formula is C46H32N2. The standard InChI is InChI=1S/C46H32N2/c1-2-15-40(16-3-1)48-45-20-9-7-18-42(45)43-31-37(26-28-46(43)48)34-23-21-33(22-24-34)35-13-10-14-38(29-35)41-17-6-8-19-44(41)47-39-27-25-32-11-4-5-12-36(32)30-39/h1-31,47H. The van der Waals surface area contributed by atoms with Gasteiger partial charge in [-0.05, 0) is 93.2 Å². The number of hydrogen-bond donors (Lipinski definition) is 1. The SMILES string of the molecule is c1ccc(-n2c3ccccc3c3cc(-c4ccc(-c5cccc(-c6ccccc6Nc6ccc7ccccc7c6)c5)cc4)ccc32)cc1. The molecule has 0 unspecified atom stereocenters. The van der Waals surface area contributed by atoms with Gasteiger partial charge in [-0.1, -0.05) is 133 Å². The van der Waals surface area contributed by atoms with Crippen molar-refractivity contribution in [3.63, 3.8) is 0 Å². The molecule has 9 aromatic rings. The highest BCUT2D eigenvalue weighted by Crippen LogP contribution is 2.37. The number of hydrogen-bond acceptors (Lipinski definition) is 1. The first-order valence-electron chi connectivity index (χ1n) is 16.4. The molecule has 226 valence electrons. The van der Waals surface area contributed by atoms with E-state index < -0.39 is 0 Å². The van der Waals surface area contributed by atoms with Crippen LogP contribution in [0.2, 0.25) is 0 Å². The van der Waals surface area contributed by atoms with Crippen LogP contribution in [0.3, 0.4) is 0 Å². The van der Waals surface area contributed by atoms with E-state index in [9.17, 15) is 0 Å². The summed E-state index contributed by atoms with van der Waals surface area (Å²) in [4.78, 5) is 0. The Hall–Kier alpha value is -6.38. The Kier molecular flexibility index (Phi) is 6.84. The van der Waals surface area contributed by atoms with Gasteiger partial charge in [0.1, 0.15) is 0 Å². The first-order chi connectivity index (χ1) is 23.8. The molecule has 1 aromatic heterocycles. The average molecular weight is 613 g/mol. The van der Waals surface area contributed by atoms with Gasteiger partial charge in [-0.2, -0.15) is 0 Å². The molecule has 9 rings (SSSR count). The van der Waals surface area contributed by atoms with Crippen molar-refractivity contribution in [1.29, 1.82) is 0 Å². The van der Waals surface area contributed by atoms with Crippen LogP contribution in [-0.2, 0) is 0 Å². The first-order valence-corrected chi connectivity index (χ1v) is 16.4. The van der Waals surface area contributed by atoms with E-state index in [0.717, 1.165) is 11.4 Å². The van der Waals surface area contributed by atoms with Crippen LogP contribution < -0.4 is 5.32 Å². The maximum absolute atomic E-state index is 3.68. The summed E-state index contributed by atoms with van der Waals surface area (Å²) >= 11 is 0. The number of para-hydroxylation sites is 3. The quantitative estimate of drug-likeness (QED) is 0.198. The van der Waals surface area contributed by atoms with E-state index in [1.807, 2.05) is 0 Å². The van der Waals surface area contributed by atoms with E-state index in [4.69, 9.17) is 0 Å². The Labute approximate surface area is 280 Å². The highest BCUT2D eigenvalue weighted by Gasteiger charge is 2.13. The van der Waals surface area contributed by atoms with Crippen LogP contribution in [0, 0.1) is 0 Å². The molecule has 0 saturated carbocycles. The number of fused-ring (bicyclic) bond motifs is 4. The zero-order valence-corrected chi connectivity index (χ0v) is 26.3. The summed E-state index contributed by atoms with van der Waals surface area (Å²) in [5.74, 6) is 0. The molecule has 0 fully saturated rings. The summed E-state index contributed by atoms with van der Waals surface area (Å²) in [5.41, 5.74) is 13.0. The monoisotopic (exact) mass is 612 g/mol. The van der Waals surface area contributed by atoms with Gasteiger partial charge in [-0.3, -0.25) is 0 Å². The molecular weight excluding hydrogens is 581 g/mol. The molecule has 0 saturated heterocycles. The lowest BCUT2D eigenvalue weighted by molar-refractivity contribution is 1.18. The largest absolute Gasteiger partial charge is 0.355 e. The van der Waals surface area contributed by atoms with E-state index in [1.54, 1.807) is 0 Å². The molecule has 8 aromatic carbocycles. The van der Waals surface area contributed by atoms with Crippen molar-refractivity contribution < 1.29 is 0 Å². The lowest BCUT2D eigenvalue weighted by atomic mass is 9.96. The maximum atomic E-state index is 3.68. The van der Waals surface area contributed by atoms with Crippen LogP contribution in [0.5, 0.6) is 0 Å². The maximum Gasteiger partial charge on any atom is 0.0541 e. The van der Waals surface area contributed by atoms with Gasteiger partial charge in [0.15, 0.2) is 0 Å². The summed E-state index contributed by atoms with van der Waals surface area (Å²) in [6.45, 7) is 0. The molecule has 2 heteroatoms. The van der Waals surface area contributed by atoms with Crippen molar-refractivity contribution in [3.8, 4) is 39.1 Å². The molecule has 0 aliphatic rings. The Morgan fingerprint density at radius 2 is 1.00 bits per heavy atom. The number of anilines is 2. The van der Waals surface area contributed by atoms with Crippen LogP contribution in [0.1, 0.15) is 0 Å². The molecule has 0 aliphatic carbocycles. The first kappa shape index (κ1) is 27.9. The van der Waals surface area contributed by atoms with Gasteiger partial charge in [0.05, 0.1) is 11.0 Å². The Bertz CT molecular complexity index is 2580. The zero-order chi connectivity index (χ0) is 31.9. The number of aromatic nitrogens is 1. The topological polar surface area (TPSA) is 17.0 Å². The Balaban J connectivity index is 1.03. The summed E-state index contributed by atoms with van der Waals surface area (Å²) in [5, 5.41) is 8.68. The third kappa shape index (κ3) is 5.01. The molecule has 2 nitrogen and oxygen atoms in total. The lowest BCUT2D eigenvalue weighted by Crippen LogP contribution is -1.93. The summed E-state index contributed by atoms with van der Waals surface area (Å²) in [6.07, 6.45) is 0. The molecule has 0 radical (unpaired) electrons. The summed E-state index contributed by atoms with van der Waals surface area (Å²) in [7, 11) is 0. The van der Waals surface area contributed by atoms with E-state index in [2.05, 4.69) is 198 Å². The van der Waals surface area contributed by atoms with Crippen molar-refractivity contribution in [1.82, 2.24) is 4.57 Å². The van der Waals surface area contributed by atoms with Gasteiger partial charge < -0.3 is 9.88 Å². The number of benzene rings is 8. The van der Waals surface area contributed by atoms with Crippen LogP contribution in [0.4, 0.5) is 11.4 Å². The van der Waals surface area contributed by atoms with Crippen molar-refractivity contribution in [2.75, 3.05) is 5.32 Å². The van der Waals surface area contributed by atoms with Crippen LogP contribution in [0.25, 0.3) is 71.6 Å². The van der Waals surface area contributed by atoms with Gasteiger partial charge >= 0.3 is 0 Å². The molecule has 0 amide bonds. The average Bonchev–Trinajstić information content (AvgIpc) is 3.49. The second-order valence-electron chi connectivity index (χ2n) is 12.3. The van der Waals surface area contributed by atoms with Crippen LogP contribution >= 0.6 is 0 Å². The predicted molar refractivity (Wildman–Crippen MR) is 204 cm³/mol. The van der Waals surface area contributed by atoms with Crippen molar-refractivity contribution in [2.24, 2.45) is 0 Å². The summed E-state index contributed by atoms with van der Waals surface area (Å²) < 4.78 is 2.36. The van der Waals surface area contributed by atoms with E-state index in [0.29, 0.717) is 0 Å². The normalized spacial score (nSPS) is 11.3. The fourth-order valence-electron chi connectivity index (χ4n) is 7.00. The minimum atomic E-state index is 1.08. The Morgan fingerprint density at radius 1 is 0.354 bits per heavy atom. The predicted octanol–water partition coefficient (Wildman–Crippen LogP) is 12.7. The fraction of sp³-hybridized carbons (Fsp3) is 0. The minimum Gasteiger partial charge on any atom is -0.355 e. The van der Waals surface area contributed by atoms with Gasteiger partial charge in [0.25, 0.3) is 0 Å². The van der Waals surface area contributed by atoms with Gasteiger partial charge in [-0.25, -0.2) is 0 Å². The van der Waals surface area contributed by atoms with Gasteiger partial charge in [0.2, 0.25) is 0 Å². The van der Waals surface area contributed by atoms with Crippen LogP contribution in [-0.4, -0.2) is 4.57 Å². The smallest absolute Gasteiger partial charge is 0.0541 e. The van der Waals surface area contributed by atoms with Crippen LogP contribution in [0.15, 0.2) is 188 Å². The van der Waals surface area contributed by atoms with E-state index in [-0.39, 0.29) is 0 Å². The van der Waals surface area contributed by atoms with Crippen molar-refractivity contribution in [2.45, 2.75) is 0 Å². The fourth-order valence-corrected chi connectivity index (χ4v) is 7.00. The molecule has 0 aliphatic heterocycles. The van der Waals surface area contributed by atoms with E-state index in [1.165, 1.54) is 71.6 Å². The molecule has 0 spiro atoms. The minimum absolute atomic E-state index is 1.08. The molecule has 0 bridgehead atoms. The third-order valence-corrected chi connectivity index (χ3v) is 9.37. The van der Waals surface area contributed by atoms with Crippen molar-refractivity contribution in [3.05, 3.63) is 188 Å². The van der Waals surface area contributed by atoms with E-state index >= 15 is 0 Å². The number of nitrogens with one attached hydrogen (secondary N) is 1.